The molecule has 3 unspecified atom stereocenters. The maximum atomic E-state index is 5.74. The molecule has 2 aliphatic rings. The largest absolute Gasteiger partial charge is 0.271 e. The van der Waals surface area contributed by atoms with E-state index in [2.05, 4.69) is 45.6 Å². The summed E-state index contributed by atoms with van der Waals surface area (Å²) in [5.74, 6) is 8.50. The van der Waals surface area contributed by atoms with E-state index in [0.29, 0.717) is 6.04 Å². The highest BCUT2D eigenvalue weighted by atomic mass is 79.9. The van der Waals surface area contributed by atoms with Crippen molar-refractivity contribution in [2.24, 2.45) is 23.6 Å². The number of fused-ring (bicyclic) bond motifs is 1. The van der Waals surface area contributed by atoms with Crippen molar-refractivity contribution in [2.45, 2.75) is 31.7 Å². The van der Waals surface area contributed by atoms with Gasteiger partial charge in [-0.1, -0.05) is 34.5 Å². The summed E-state index contributed by atoms with van der Waals surface area (Å²) >= 11 is 3.47. The van der Waals surface area contributed by atoms with Gasteiger partial charge in [-0.2, -0.15) is 0 Å². The maximum absolute atomic E-state index is 5.74. The van der Waals surface area contributed by atoms with Crippen LogP contribution in [0.1, 0.15) is 24.8 Å². The Morgan fingerprint density at radius 3 is 2.47 bits per heavy atom. The number of halogens is 1. The van der Waals surface area contributed by atoms with Gasteiger partial charge in [-0.25, -0.2) is 0 Å². The van der Waals surface area contributed by atoms with Crippen molar-refractivity contribution in [1.29, 1.82) is 0 Å². The van der Waals surface area contributed by atoms with E-state index in [-0.39, 0.29) is 0 Å². The molecule has 3 atom stereocenters. The number of hydrogen-bond acceptors (Lipinski definition) is 2. The molecule has 3 heteroatoms. The summed E-state index contributed by atoms with van der Waals surface area (Å²) in [7, 11) is 0. The Kier molecular flexibility index (Phi) is 3.24. The lowest BCUT2D eigenvalue weighted by Gasteiger charge is -2.18. The molecule has 2 fully saturated rings. The summed E-state index contributed by atoms with van der Waals surface area (Å²) in [6.45, 7) is 0. The van der Waals surface area contributed by atoms with E-state index in [1.165, 1.54) is 24.8 Å². The van der Waals surface area contributed by atoms with Gasteiger partial charge in [0.1, 0.15) is 0 Å². The minimum Gasteiger partial charge on any atom is -0.271 e. The fourth-order valence-electron chi connectivity index (χ4n) is 3.65. The minimum absolute atomic E-state index is 0.464. The number of benzene rings is 1. The molecule has 2 saturated carbocycles. The van der Waals surface area contributed by atoms with E-state index in [9.17, 15) is 0 Å². The van der Waals surface area contributed by atoms with Crippen LogP contribution in [-0.2, 0) is 6.42 Å². The molecule has 2 nitrogen and oxygen atoms in total. The summed E-state index contributed by atoms with van der Waals surface area (Å²) in [5, 5.41) is 0. The molecule has 0 aliphatic heterocycles. The molecule has 17 heavy (non-hydrogen) atoms. The maximum Gasteiger partial charge on any atom is 0.0284 e. The summed E-state index contributed by atoms with van der Waals surface area (Å²) in [6, 6.07) is 9.05. The molecular formula is C14H19BrN2. The van der Waals surface area contributed by atoms with Crippen molar-refractivity contribution in [3.05, 3.63) is 34.3 Å². The Bertz CT molecular complexity index is 380. The van der Waals surface area contributed by atoms with Gasteiger partial charge in [-0.3, -0.25) is 11.3 Å². The van der Waals surface area contributed by atoms with Crippen molar-refractivity contribution in [1.82, 2.24) is 5.43 Å². The van der Waals surface area contributed by atoms with Crippen LogP contribution in [0.3, 0.4) is 0 Å². The van der Waals surface area contributed by atoms with Crippen LogP contribution in [0.5, 0.6) is 0 Å². The Morgan fingerprint density at radius 2 is 1.88 bits per heavy atom. The first-order valence-corrected chi connectivity index (χ1v) is 7.29. The molecule has 0 saturated heterocycles. The zero-order valence-corrected chi connectivity index (χ0v) is 11.5. The molecule has 3 rings (SSSR count). The monoisotopic (exact) mass is 294 g/mol. The predicted molar refractivity (Wildman–Crippen MR) is 73.3 cm³/mol. The van der Waals surface area contributed by atoms with E-state index in [0.717, 1.165) is 28.6 Å². The van der Waals surface area contributed by atoms with E-state index >= 15 is 0 Å². The Hall–Kier alpha value is -0.380. The van der Waals surface area contributed by atoms with Crippen LogP contribution in [0.4, 0.5) is 0 Å². The first-order chi connectivity index (χ1) is 8.29. The van der Waals surface area contributed by atoms with Crippen molar-refractivity contribution < 1.29 is 0 Å². The lowest BCUT2D eigenvalue weighted by atomic mass is 9.98. The van der Waals surface area contributed by atoms with Crippen molar-refractivity contribution in [3.8, 4) is 0 Å². The third kappa shape index (κ3) is 2.28. The molecule has 0 spiro atoms. The van der Waals surface area contributed by atoms with Crippen LogP contribution in [-0.4, -0.2) is 6.04 Å². The molecule has 0 bridgehead atoms. The Balaban J connectivity index is 1.64. The molecule has 0 heterocycles. The van der Waals surface area contributed by atoms with Crippen molar-refractivity contribution in [2.75, 3.05) is 0 Å². The summed E-state index contributed by atoms with van der Waals surface area (Å²) < 4.78 is 1.14. The first-order valence-electron chi connectivity index (χ1n) is 6.50. The van der Waals surface area contributed by atoms with Gasteiger partial charge in [0.25, 0.3) is 0 Å². The summed E-state index contributed by atoms with van der Waals surface area (Å²) in [6.07, 6.45) is 5.34. The molecule has 1 aromatic rings. The number of nitrogens with one attached hydrogen (secondary N) is 1. The summed E-state index contributed by atoms with van der Waals surface area (Å²) in [4.78, 5) is 0. The normalized spacial score (nSPS) is 32.2. The standard InChI is InChI=1S/C14H19BrN2/c15-10-6-4-9(5-7-10)8-13(17-16)14-11-2-1-3-12(11)14/h4-7,11-14,17H,1-3,8,16H2. The topological polar surface area (TPSA) is 38.0 Å². The van der Waals surface area contributed by atoms with Crippen LogP contribution >= 0.6 is 15.9 Å². The third-order valence-electron chi connectivity index (χ3n) is 4.52. The highest BCUT2D eigenvalue weighted by Crippen LogP contribution is 2.59. The lowest BCUT2D eigenvalue weighted by molar-refractivity contribution is 0.410. The molecule has 0 radical (unpaired) electrons. The van der Waals surface area contributed by atoms with E-state index in [4.69, 9.17) is 5.84 Å². The predicted octanol–water partition coefficient (Wildman–Crippen LogP) is 2.87. The molecule has 0 amide bonds. The zero-order chi connectivity index (χ0) is 11.8. The number of nitrogens with two attached hydrogens (primary N) is 1. The molecular weight excluding hydrogens is 276 g/mol. The van der Waals surface area contributed by atoms with E-state index in [1.54, 1.807) is 0 Å². The van der Waals surface area contributed by atoms with E-state index < -0.39 is 0 Å². The van der Waals surface area contributed by atoms with Gasteiger partial charge in [-0.15, -0.1) is 0 Å². The fraction of sp³-hybridized carbons (Fsp3) is 0.571. The van der Waals surface area contributed by atoms with Crippen LogP contribution in [0, 0.1) is 17.8 Å². The molecule has 2 aliphatic carbocycles. The van der Waals surface area contributed by atoms with Gasteiger partial charge < -0.3 is 0 Å². The van der Waals surface area contributed by atoms with E-state index in [1.807, 2.05) is 0 Å². The van der Waals surface area contributed by atoms with Gasteiger partial charge in [-0.05, 0) is 54.7 Å². The van der Waals surface area contributed by atoms with Crippen LogP contribution in [0.15, 0.2) is 28.7 Å². The van der Waals surface area contributed by atoms with Gasteiger partial charge >= 0.3 is 0 Å². The quantitative estimate of drug-likeness (QED) is 0.662. The second-order valence-corrected chi connectivity index (χ2v) is 6.36. The summed E-state index contributed by atoms with van der Waals surface area (Å²) in [5.41, 5.74) is 4.42. The third-order valence-corrected chi connectivity index (χ3v) is 5.05. The van der Waals surface area contributed by atoms with Crippen molar-refractivity contribution >= 4 is 15.9 Å². The lowest BCUT2D eigenvalue weighted by Crippen LogP contribution is -2.39. The fourth-order valence-corrected chi connectivity index (χ4v) is 3.92. The smallest absolute Gasteiger partial charge is 0.0284 e. The minimum atomic E-state index is 0.464. The SMILES string of the molecule is NNC(Cc1ccc(Br)cc1)C1C2CCCC21. The molecule has 3 N–H and O–H groups in total. The first kappa shape index (κ1) is 11.7. The van der Waals surface area contributed by atoms with Crippen LogP contribution < -0.4 is 11.3 Å². The van der Waals surface area contributed by atoms with Gasteiger partial charge in [0, 0.05) is 10.5 Å². The average molecular weight is 295 g/mol. The van der Waals surface area contributed by atoms with Crippen molar-refractivity contribution in [3.63, 3.8) is 0 Å². The van der Waals surface area contributed by atoms with Crippen LogP contribution in [0.2, 0.25) is 0 Å². The number of hydrogen-bond donors (Lipinski definition) is 2. The van der Waals surface area contributed by atoms with Gasteiger partial charge in [0.05, 0.1) is 0 Å². The van der Waals surface area contributed by atoms with Gasteiger partial charge in [0.15, 0.2) is 0 Å². The average Bonchev–Trinajstić information content (AvgIpc) is 2.82. The molecule has 1 aromatic carbocycles. The molecule has 0 aromatic heterocycles. The Labute approximate surface area is 111 Å². The second kappa shape index (κ2) is 4.71. The Morgan fingerprint density at radius 1 is 1.24 bits per heavy atom. The number of rotatable bonds is 4. The number of hydrazine groups is 1. The van der Waals surface area contributed by atoms with Crippen LogP contribution in [0.25, 0.3) is 0 Å². The highest BCUT2D eigenvalue weighted by Gasteiger charge is 2.55. The highest BCUT2D eigenvalue weighted by molar-refractivity contribution is 9.10. The molecule has 92 valence electrons. The second-order valence-electron chi connectivity index (χ2n) is 5.44. The zero-order valence-electron chi connectivity index (χ0n) is 9.90. The van der Waals surface area contributed by atoms with Gasteiger partial charge in [0.2, 0.25) is 0 Å².